The van der Waals surface area contributed by atoms with Gasteiger partial charge >= 0.3 is 6.03 Å². The number of rotatable bonds is 1. The van der Waals surface area contributed by atoms with Crippen LogP contribution in [0, 0.1) is 0 Å². The summed E-state index contributed by atoms with van der Waals surface area (Å²) in [6, 6.07) is 6.09. The molecule has 1 heterocycles. The molecule has 1 aliphatic heterocycles. The Morgan fingerprint density at radius 1 is 1.19 bits per heavy atom. The van der Waals surface area contributed by atoms with Crippen LogP contribution in [0.2, 0.25) is 5.02 Å². The van der Waals surface area contributed by atoms with E-state index in [1.807, 2.05) is 0 Å². The van der Waals surface area contributed by atoms with Crippen molar-refractivity contribution >= 4 is 61.1 Å². The van der Waals surface area contributed by atoms with Gasteiger partial charge in [-0.25, -0.2) is 4.79 Å². The number of hydrogen-bond acceptors (Lipinski definition) is 2. The van der Waals surface area contributed by atoms with E-state index in [9.17, 15) is 9.59 Å². The van der Waals surface area contributed by atoms with Crippen molar-refractivity contribution in [1.82, 2.24) is 5.32 Å². The fourth-order valence-electron chi connectivity index (χ4n) is 1.33. The highest BCUT2D eigenvalue weighted by atomic mass is 79.9. The first-order valence-corrected chi connectivity index (χ1v) is 6.18. The van der Waals surface area contributed by atoms with E-state index in [-0.39, 0.29) is 0 Å². The van der Waals surface area contributed by atoms with Gasteiger partial charge in [0.15, 0.2) is 0 Å². The van der Waals surface area contributed by atoms with Gasteiger partial charge in [-0.1, -0.05) is 11.6 Å². The summed E-state index contributed by atoms with van der Waals surface area (Å²) >= 11 is 12.0. The van der Waals surface area contributed by atoms with Crippen LogP contribution in [0.4, 0.5) is 10.5 Å². The first-order valence-electron chi connectivity index (χ1n) is 4.22. The minimum Gasteiger partial charge on any atom is -0.274 e. The third-order valence-corrected chi connectivity index (χ3v) is 3.74. The Kier molecular flexibility index (Phi) is 2.98. The Balaban J connectivity index is 2.44. The molecule has 2 rings (SSSR count). The molecular weight excluding hydrogens is 363 g/mol. The van der Waals surface area contributed by atoms with E-state index < -0.39 is 15.3 Å². The highest BCUT2D eigenvalue weighted by Crippen LogP contribution is 2.39. The monoisotopic (exact) mass is 366 g/mol. The second-order valence-electron chi connectivity index (χ2n) is 3.11. The van der Waals surface area contributed by atoms with Crippen molar-refractivity contribution in [3.8, 4) is 0 Å². The summed E-state index contributed by atoms with van der Waals surface area (Å²) in [6.45, 7) is 0. The lowest BCUT2D eigenvalue weighted by atomic mass is 10.3. The second kappa shape index (κ2) is 4.01. The van der Waals surface area contributed by atoms with Gasteiger partial charge in [0, 0.05) is 10.7 Å². The van der Waals surface area contributed by atoms with Gasteiger partial charge in [0.2, 0.25) is 3.36 Å². The summed E-state index contributed by atoms with van der Waals surface area (Å²) < 4.78 is -1.25. The lowest BCUT2D eigenvalue weighted by Crippen LogP contribution is -2.38. The molecule has 3 amide bonds. The predicted molar refractivity (Wildman–Crippen MR) is 68.1 cm³/mol. The topological polar surface area (TPSA) is 49.4 Å². The van der Waals surface area contributed by atoms with Crippen LogP contribution >= 0.6 is 43.5 Å². The Morgan fingerprint density at radius 3 is 2.19 bits per heavy atom. The molecule has 84 valence electrons. The normalized spacial score (nSPS) is 18.8. The predicted octanol–water partition coefficient (Wildman–Crippen LogP) is 2.84. The van der Waals surface area contributed by atoms with Gasteiger partial charge in [0.1, 0.15) is 0 Å². The molecule has 0 bridgehead atoms. The average Bonchev–Trinajstić information content (AvgIpc) is 2.39. The zero-order valence-electron chi connectivity index (χ0n) is 7.71. The molecule has 1 saturated heterocycles. The molecule has 0 aromatic heterocycles. The van der Waals surface area contributed by atoms with E-state index in [0.29, 0.717) is 10.7 Å². The van der Waals surface area contributed by atoms with Gasteiger partial charge < -0.3 is 0 Å². The zero-order valence-corrected chi connectivity index (χ0v) is 11.6. The van der Waals surface area contributed by atoms with Crippen molar-refractivity contribution in [2.24, 2.45) is 0 Å². The number of halogens is 3. The van der Waals surface area contributed by atoms with Gasteiger partial charge in [0.25, 0.3) is 5.91 Å². The molecule has 1 aromatic rings. The molecule has 7 heteroatoms. The van der Waals surface area contributed by atoms with Crippen LogP contribution in [0.15, 0.2) is 24.3 Å². The zero-order chi connectivity index (χ0) is 11.9. The minimum absolute atomic E-state index is 0.465. The third-order valence-electron chi connectivity index (χ3n) is 2.06. The van der Waals surface area contributed by atoms with Gasteiger partial charge in [0.05, 0.1) is 0 Å². The SMILES string of the molecule is O=C1NC(=O)C(Br)(Br)N1c1ccc(Cl)cc1. The Morgan fingerprint density at radius 2 is 1.75 bits per heavy atom. The lowest BCUT2D eigenvalue weighted by Gasteiger charge is -2.24. The molecule has 0 radical (unpaired) electrons. The van der Waals surface area contributed by atoms with E-state index in [2.05, 4.69) is 37.2 Å². The molecule has 1 fully saturated rings. The maximum absolute atomic E-state index is 11.6. The van der Waals surface area contributed by atoms with Crippen molar-refractivity contribution < 1.29 is 9.59 Å². The van der Waals surface area contributed by atoms with Crippen molar-refractivity contribution in [3.05, 3.63) is 29.3 Å². The standard InChI is InChI=1S/C9H5Br2ClN2O2/c10-9(11)7(15)13-8(16)14(9)6-3-1-5(12)2-4-6/h1-4H,(H,13,15,16). The van der Waals surface area contributed by atoms with Gasteiger partial charge in [-0.3, -0.25) is 15.0 Å². The number of carbonyl (C=O) groups excluding carboxylic acids is 2. The Hall–Kier alpha value is -0.590. The first kappa shape index (κ1) is 11.9. The minimum atomic E-state index is -1.25. The molecule has 0 unspecified atom stereocenters. The number of amides is 3. The van der Waals surface area contributed by atoms with Crippen molar-refractivity contribution in [1.29, 1.82) is 0 Å². The van der Waals surface area contributed by atoms with Crippen molar-refractivity contribution in [2.75, 3.05) is 4.90 Å². The molecule has 0 spiro atoms. The number of nitrogens with one attached hydrogen (secondary N) is 1. The summed E-state index contributed by atoms with van der Waals surface area (Å²) in [5, 5.41) is 2.75. The first-order chi connectivity index (χ1) is 7.43. The number of carbonyl (C=O) groups is 2. The summed E-state index contributed by atoms with van der Waals surface area (Å²) in [5.41, 5.74) is 0.557. The van der Waals surface area contributed by atoms with E-state index in [1.54, 1.807) is 24.3 Å². The Bertz CT molecular complexity index is 461. The molecule has 16 heavy (non-hydrogen) atoms. The Labute approximate surface area is 113 Å². The maximum atomic E-state index is 11.6. The number of nitrogens with zero attached hydrogens (tertiary/aromatic N) is 1. The van der Waals surface area contributed by atoms with Crippen LogP contribution in [0.5, 0.6) is 0 Å². The highest BCUT2D eigenvalue weighted by Gasteiger charge is 2.50. The number of imide groups is 1. The molecular formula is C9H5Br2ClN2O2. The van der Waals surface area contributed by atoms with E-state index in [0.717, 1.165) is 0 Å². The fourth-order valence-corrected chi connectivity index (χ4v) is 2.38. The molecule has 1 aromatic carbocycles. The van der Waals surface area contributed by atoms with Crippen LogP contribution in [0.1, 0.15) is 0 Å². The van der Waals surface area contributed by atoms with Gasteiger partial charge in [-0.2, -0.15) is 0 Å². The number of alkyl halides is 2. The molecule has 1 aliphatic rings. The smallest absolute Gasteiger partial charge is 0.274 e. The summed E-state index contributed by atoms with van der Waals surface area (Å²) in [5.74, 6) is -0.465. The number of benzene rings is 1. The van der Waals surface area contributed by atoms with Crippen LogP contribution in [-0.4, -0.2) is 15.3 Å². The molecule has 0 aliphatic carbocycles. The van der Waals surface area contributed by atoms with Crippen LogP contribution in [0.25, 0.3) is 0 Å². The molecule has 0 saturated carbocycles. The van der Waals surface area contributed by atoms with E-state index in [4.69, 9.17) is 11.6 Å². The third kappa shape index (κ3) is 1.85. The second-order valence-corrected chi connectivity index (χ2v) is 6.91. The van der Waals surface area contributed by atoms with E-state index >= 15 is 0 Å². The van der Waals surface area contributed by atoms with Gasteiger partial charge in [-0.05, 0) is 56.1 Å². The molecule has 0 atom stereocenters. The molecule has 1 N–H and O–H groups in total. The lowest BCUT2D eigenvalue weighted by molar-refractivity contribution is -0.118. The average molecular weight is 368 g/mol. The van der Waals surface area contributed by atoms with Crippen LogP contribution < -0.4 is 10.2 Å². The number of anilines is 1. The van der Waals surface area contributed by atoms with E-state index in [1.165, 1.54) is 4.90 Å². The van der Waals surface area contributed by atoms with Crippen LogP contribution in [0.3, 0.4) is 0 Å². The molecule has 4 nitrogen and oxygen atoms in total. The largest absolute Gasteiger partial charge is 0.330 e. The maximum Gasteiger partial charge on any atom is 0.330 e. The van der Waals surface area contributed by atoms with Crippen LogP contribution in [-0.2, 0) is 4.79 Å². The van der Waals surface area contributed by atoms with Crippen molar-refractivity contribution in [2.45, 2.75) is 3.36 Å². The highest BCUT2D eigenvalue weighted by molar-refractivity contribution is 9.26. The summed E-state index contributed by atoms with van der Waals surface area (Å²) in [4.78, 5) is 24.3. The van der Waals surface area contributed by atoms with Crippen molar-refractivity contribution in [3.63, 3.8) is 0 Å². The fraction of sp³-hybridized carbons (Fsp3) is 0.111. The number of hydrogen-bond donors (Lipinski definition) is 1. The summed E-state index contributed by atoms with van der Waals surface area (Å²) in [7, 11) is 0. The number of urea groups is 1. The van der Waals surface area contributed by atoms with Gasteiger partial charge in [-0.15, -0.1) is 0 Å². The quantitative estimate of drug-likeness (QED) is 0.471. The summed E-state index contributed by atoms with van der Waals surface area (Å²) in [6.07, 6.45) is 0.